The third-order valence-electron chi connectivity index (χ3n) is 4.15. The largest absolute Gasteiger partial charge is 0.481 e. The van der Waals surface area contributed by atoms with Crippen molar-refractivity contribution < 1.29 is 14.7 Å². The van der Waals surface area contributed by atoms with Gasteiger partial charge >= 0.3 is 5.97 Å². The van der Waals surface area contributed by atoms with Crippen molar-refractivity contribution in [2.24, 2.45) is 0 Å². The van der Waals surface area contributed by atoms with Gasteiger partial charge in [0, 0.05) is 19.4 Å². The molecule has 0 aliphatic rings. The molecule has 1 amide bonds. The molecule has 0 aliphatic carbocycles. The number of carboxylic acid groups (broad SMARTS) is 1. The molecule has 0 atom stereocenters. The molecule has 0 aromatic rings. The van der Waals surface area contributed by atoms with Gasteiger partial charge in [-0.2, -0.15) is 0 Å². The van der Waals surface area contributed by atoms with Crippen LogP contribution in [0.15, 0.2) is 0 Å². The zero-order valence-electron chi connectivity index (χ0n) is 15.1. The number of carboxylic acids is 1. The number of hydrogen-bond donors (Lipinski definition) is 2. The zero-order valence-corrected chi connectivity index (χ0v) is 15.1. The number of amides is 1. The van der Waals surface area contributed by atoms with Crippen molar-refractivity contribution >= 4 is 11.9 Å². The zero-order chi connectivity index (χ0) is 17.2. The molecule has 0 bridgehead atoms. The van der Waals surface area contributed by atoms with Crippen LogP contribution in [0.25, 0.3) is 0 Å². The van der Waals surface area contributed by atoms with E-state index in [9.17, 15) is 9.59 Å². The van der Waals surface area contributed by atoms with E-state index in [1.54, 1.807) is 0 Å². The van der Waals surface area contributed by atoms with Crippen LogP contribution < -0.4 is 5.32 Å². The molecule has 0 spiro atoms. The Labute approximate surface area is 142 Å². The fourth-order valence-corrected chi connectivity index (χ4v) is 2.67. The molecule has 0 fully saturated rings. The molecule has 0 heterocycles. The monoisotopic (exact) mass is 327 g/mol. The van der Waals surface area contributed by atoms with Gasteiger partial charge in [-0.15, -0.1) is 0 Å². The SMILES string of the molecule is CCCCCNC(=O)CCCCCCCCCCCCC(=O)O. The summed E-state index contributed by atoms with van der Waals surface area (Å²) in [5, 5.41) is 11.5. The number of hydrogen-bond acceptors (Lipinski definition) is 2. The number of rotatable bonds is 17. The summed E-state index contributed by atoms with van der Waals surface area (Å²) in [5.41, 5.74) is 0. The molecular formula is C19H37NO3. The standard InChI is InChI=1S/C19H37NO3/c1-2-3-14-17-20-18(21)15-12-10-8-6-4-5-7-9-11-13-16-19(22)23/h2-17H2,1H3,(H,20,21)(H,22,23). The minimum absolute atomic E-state index is 0.211. The number of carbonyl (C=O) groups is 2. The number of aliphatic carboxylic acids is 1. The van der Waals surface area contributed by atoms with E-state index in [0.29, 0.717) is 12.8 Å². The smallest absolute Gasteiger partial charge is 0.303 e. The second-order valence-electron chi connectivity index (χ2n) is 6.49. The Kier molecular flexibility index (Phi) is 16.5. The minimum Gasteiger partial charge on any atom is -0.481 e. The van der Waals surface area contributed by atoms with Gasteiger partial charge in [0.1, 0.15) is 0 Å². The molecule has 136 valence electrons. The lowest BCUT2D eigenvalue weighted by Crippen LogP contribution is -2.23. The molecule has 4 heteroatoms. The highest BCUT2D eigenvalue weighted by Crippen LogP contribution is 2.12. The molecule has 0 saturated heterocycles. The van der Waals surface area contributed by atoms with Gasteiger partial charge in [0.05, 0.1) is 0 Å². The van der Waals surface area contributed by atoms with Crippen LogP contribution in [0.3, 0.4) is 0 Å². The lowest BCUT2D eigenvalue weighted by Gasteiger charge is -2.05. The fourth-order valence-electron chi connectivity index (χ4n) is 2.67. The van der Waals surface area contributed by atoms with Gasteiger partial charge in [-0.05, 0) is 19.3 Å². The van der Waals surface area contributed by atoms with Gasteiger partial charge in [-0.3, -0.25) is 9.59 Å². The van der Waals surface area contributed by atoms with Crippen LogP contribution in [0.4, 0.5) is 0 Å². The van der Waals surface area contributed by atoms with E-state index < -0.39 is 5.97 Å². The van der Waals surface area contributed by atoms with Crippen LogP contribution in [0.1, 0.15) is 103 Å². The van der Waals surface area contributed by atoms with Crippen LogP contribution in [0.5, 0.6) is 0 Å². The molecule has 0 aromatic carbocycles. The van der Waals surface area contributed by atoms with Crippen LogP contribution in [0, 0.1) is 0 Å². The van der Waals surface area contributed by atoms with E-state index in [4.69, 9.17) is 5.11 Å². The topological polar surface area (TPSA) is 66.4 Å². The summed E-state index contributed by atoms with van der Waals surface area (Å²) in [6.45, 7) is 3.00. The Morgan fingerprint density at radius 2 is 1.17 bits per heavy atom. The molecule has 0 saturated carbocycles. The van der Waals surface area contributed by atoms with Crippen molar-refractivity contribution in [3.05, 3.63) is 0 Å². The predicted octanol–water partition coefficient (Wildman–Crippen LogP) is 5.06. The van der Waals surface area contributed by atoms with Crippen molar-refractivity contribution in [2.45, 2.75) is 103 Å². The summed E-state index contributed by atoms with van der Waals surface area (Å²) in [6.07, 6.45) is 15.9. The van der Waals surface area contributed by atoms with Gasteiger partial charge in [-0.25, -0.2) is 0 Å². The second kappa shape index (κ2) is 17.3. The summed E-state index contributed by atoms with van der Waals surface area (Å²) < 4.78 is 0. The molecule has 0 rings (SSSR count). The van der Waals surface area contributed by atoms with Crippen LogP contribution >= 0.6 is 0 Å². The van der Waals surface area contributed by atoms with Crippen molar-refractivity contribution in [1.29, 1.82) is 0 Å². The normalized spacial score (nSPS) is 10.7. The van der Waals surface area contributed by atoms with E-state index in [-0.39, 0.29) is 5.91 Å². The molecule has 2 N–H and O–H groups in total. The van der Waals surface area contributed by atoms with E-state index >= 15 is 0 Å². The van der Waals surface area contributed by atoms with Crippen molar-refractivity contribution in [1.82, 2.24) is 5.32 Å². The Morgan fingerprint density at radius 1 is 0.696 bits per heavy atom. The average Bonchev–Trinajstić information content (AvgIpc) is 2.52. The maximum absolute atomic E-state index is 11.6. The first-order valence-electron chi connectivity index (χ1n) is 9.65. The minimum atomic E-state index is -0.681. The van der Waals surface area contributed by atoms with Crippen LogP contribution in [0.2, 0.25) is 0 Å². The number of carbonyl (C=O) groups excluding carboxylic acids is 1. The Balaban J connectivity index is 3.12. The van der Waals surface area contributed by atoms with E-state index in [1.807, 2.05) is 0 Å². The number of unbranched alkanes of at least 4 members (excludes halogenated alkanes) is 11. The van der Waals surface area contributed by atoms with Crippen molar-refractivity contribution in [3.63, 3.8) is 0 Å². The maximum atomic E-state index is 11.6. The fraction of sp³-hybridized carbons (Fsp3) is 0.895. The molecule has 0 radical (unpaired) electrons. The average molecular weight is 328 g/mol. The van der Waals surface area contributed by atoms with Gasteiger partial charge in [0.15, 0.2) is 0 Å². The van der Waals surface area contributed by atoms with Gasteiger partial charge in [-0.1, -0.05) is 71.1 Å². The third kappa shape index (κ3) is 18.9. The highest BCUT2D eigenvalue weighted by atomic mass is 16.4. The quantitative estimate of drug-likeness (QED) is 0.367. The van der Waals surface area contributed by atoms with Crippen molar-refractivity contribution in [3.8, 4) is 0 Å². The van der Waals surface area contributed by atoms with Gasteiger partial charge < -0.3 is 10.4 Å². The first-order valence-corrected chi connectivity index (χ1v) is 9.65. The first kappa shape index (κ1) is 21.9. The summed E-state index contributed by atoms with van der Waals surface area (Å²) in [5.74, 6) is -0.470. The van der Waals surface area contributed by atoms with Gasteiger partial charge in [0.2, 0.25) is 5.91 Å². The predicted molar refractivity (Wildman–Crippen MR) is 95.6 cm³/mol. The van der Waals surface area contributed by atoms with E-state index in [2.05, 4.69) is 12.2 Å². The van der Waals surface area contributed by atoms with Crippen molar-refractivity contribution in [2.75, 3.05) is 6.54 Å². The van der Waals surface area contributed by atoms with Crippen LogP contribution in [-0.4, -0.2) is 23.5 Å². The summed E-state index contributed by atoms with van der Waals surface area (Å²) in [6, 6.07) is 0. The molecule has 4 nitrogen and oxygen atoms in total. The molecule has 0 aliphatic heterocycles. The molecule has 0 aromatic heterocycles. The summed E-state index contributed by atoms with van der Waals surface area (Å²) >= 11 is 0. The highest BCUT2D eigenvalue weighted by molar-refractivity contribution is 5.75. The van der Waals surface area contributed by atoms with Gasteiger partial charge in [0.25, 0.3) is 0 Å². The molecular weight excluding hydrogens is 290 g/mol. The summed E-state index contributed by atoms with van der Waals surface area (Å²) in [4.78, 5) is 21.9. The maximum Gasteiger partial charge on any atom is 0.303 e. The Bertz CT molecular complexity index is 292. The lowest BCUT2D eigenvalue weighted by atomic mass is 10.1. The third-order valence-corrected chi connectivity index (χ3v) is 4.15. The second-order valence-corrected chi connectivity index (χ2v) is 6.49. The summed E-state index contributed by atoms with van der Waals surface area (Å²) in [7, 11) is 0. The molecule has 23 heavy (non-hydrogen) atoms. The lowest BCUT2D eigenvalue weighted by molar-refractivity contribution is -0.137. The van der Waals surface area contributed by atoms with E-state index in [1.165, 1.54) is 44.9 Å². The Hall–Kier alpha value is -1.06. The van der Waals surface area contributed by atoms with Crippen LogP contribution in [-0.2, 0) is 9.59 Å². The molecule has 0 unspecified atom stereocenters. The number of nitrogens with one attached hydrogen (secondary N) is 1. The first-order chi connectivity index (χ1) is 11.2. The Morgan fingerprint density at radius 3 is 1.65 bits per heavy atom. The van der Waals surface area contributed by atoms with E-state index in [0.717, 1.165) is 45.1 Å². The highest BCUT2D eigenvalue weighted by Gasteiger charge is 2.00.